The van der Waals surface area contributed by atoms with Crippen LogP contribution in [-0.4, -0.2) is 14.1 Å². The fourth-order valence-corrected chi connectivity index (χ4v) is 8.70. The number of pyridine rings is 1. The van der Waals surface area contributed by atoms with Gasteiger partial charge in [0.05, 0.1) is 5.69 Å². The fraction of sp³-hybridized carbons (Fsp3) is 0.241. The molecule has 0 aliphatic heterocycles. The number of ether oxygens (including phenoxy) is 1. The monoisotopic (exact) mass is 1020 g/mol. The van der Waals surface area contributed by atoms with Gasteiger partial charge in [0, 0.05) is 62.1 Å². The predicted octanol–water partition coefficient (Wildman–Crippen LogP) is 13.7. The number of para-hydroxylation sites is 1. The van der Waals surface area contributed by atoms with Gasteiger partial charge in [0.15, 0.2) is 0 Å². The second-order valence-electron chi connectivity index (χ2n) is 19.9. The second-order valence-corrected chi connectivity index (χ2v) is 19.9. The Labute approximate surface area is 393 Å². The number of rotatable bonds is 9. The summed E-state index contributed by atoms with van der Waals surface area (Å²) in [6.07, 6.45) is 9.59. The molecule has 0 aliphatic carbocycles. The van der Waals surface area contributed by atoms with E-state index >= 15 is 0 Å². The number of benzene rings is 6. The standard InChI is InChI=1S/C58H56N4O.Pt/c1-55(2,3)42-28-29-59-53(35-42)62-51-27-18-17-26-49(51)54-50(58(9,10)41-22-15-12-16-23-41)37-48(38-52(54)62)63-47-25-19-24-45(36-47)60-30-31-61(39-60)46-33-43(56(4,5)6)32-44(34-46)57(7,8)40-20-13-11-14-21-40;/h11-35,37H,1-10H3;/q-2;. The summed E-state index contributed by atoms with van der Waals surface area (Å²) in [6, 6.07) is 56.8. The summed E-state index contributed by atoms with van der Waals surface area (Å²) in [4.78, 5) is 4.96. The molecular formula is C58H56N4OPt-2. The van der Waals surface area contributed by atoms with Crippen molar-refractivity contribution in [3.8, 4) is 28.7 Å². The zero-order chi connectivity index (χ0) is 44.3. The summed E-state index contributed by atoms with van der Waals surface area (Å²) in [5.74, 6) is 2.03. The van der Waals surface area contributed by atoms with Crippen LogP contribution in [0.4, 0.5) is 0 Å². The Balaban J connectivity index is 0.00000560. The first kappa shape index (κ1) is 44.6. The molecule has 0 radical (unpaired) electrons. The van der Waals surface area contributed by atoms with Crippen LogP contribution in [0.1, 0.15) is 103 Å². The van der Waals surface area contributed by atoms with Crippen molar-refractivity contribution in [1.82, 2.24) is 14.1 Å². The van der Waals surface area contributed by atoms with Gasteiger partial charge < -0.3 is 13.9 Å². The Hall–Kier alpha value is -6.03. The molecule has 0 saturated heterocycles. The first-order valence-corrected chi connectivity index (χ1v) is 22.0. The van der Waals surface area contributed by atoms with Crippen LogP contribution in [0.5, 0.6) is 11.5 Å². The topological polar surface area (TPSA) is 35.9 Å². The third-order valence-electron chi connectivity index (χ3n) is 12.8. The summed E-state index contributed by atoms with van der Waals surface area (Å²) >= 11 is 0. The maximum Gasteiger partial charge on any atom is 0.267 e. The Morgan fingerprint density at radius 3 is 1.89 bits per heavy atom. The van der Waals surface area contributed by atoms with Crippen molar-refractivity contribution < 1.29 is 30.4 Å². The molecular weight excluding hydrogens is 964 g/mol. The van der Waals surface area contributed by atoms with Gasteiger partial charge in [-0.15, -0.1) is 29.8 Å². The third-order valence-corrected chi connectivity index (χ3v) is 12.8. The molecule has 64 heavy (non-hydrogen) atoms. The van der Waals surface area contributed by atoms with E-state index in [-0.39, 0.29) is 42.7 Å². The van der Waals surface area contributed by atoms with E-state index in [1.807, 2.05) is 35.2 Å². The Kier molecular flexibility index (Phi) is 11.7. The summed E-state index contributed by atoms with van der Waals surface area (Å²) in [7, 11) is 0. The van der Waals surface area contributed by atoms with E-state index in [1.165, 1.54) is 27.8 Å². The molecule has 5 nitrogen and oxygen atoms in total. The quantitative estimate of drug-likeness (QED) is 0.107. The Morgan fingerprint density at radius 2 is 1.20 bits per heavy atom. The number of imidazole rings is 1. The van der Waals surface area contributed by atoms with E-state index in [4.69, 9.17) is 9.72 Å². The average molecular weight is 1020 g/mol. The van der Waals surface area contributed by atoms with Crippen molar-refractivity contribution in [3.63, 3.8) is 0 Å². The van der Waals surface area contributed by atoms with Crippen LogP contribution in [0.25, 0.3) is 39.0 Å². The molecule has 0 N–H and O–H groups in total. The van der Waals surface area contributed by atoms with Crippen molar-refractivity contribution in [1.29, 1.82) is 0 Å². The van der Waals surface area contributed by atoms with E-state index in [0.717, 1.165) is 44.6 Å². The SMILES string of the molecule is CC(C)(C)c1cc(-[n+]2[c-]n(-c3[c-]c(Oc4[c-]c5c(c(C(C)(C)c6ccccc6)c4)c4ccccc4n5-c4cc(C(C)(C)C)ccn4)ccc3)cc2)cc(C(C)(C)c2ccccc2)c1.[Pt]. The maximum atomic E-state index is 6.85. The smallest absolute Gasteiger partial charge is 0.267 e. The molecule has 3 aromatic heterocycles. The van der Waals surface area contributed by atoms with Crippen LogP contribution in [-0.2, 0) is 42.7 Å². The molecule has 9 rings (SSSR count). The molecule has 0 saturated carbocycles. The van der Waals surface area contributed by atoms with Crippen LogP contribution in [0.15, 0.2) is 158 Å². The van der Waals surface area contributed by atoms with E-state index in [2.05, 4.69) is 224 Å². The summed E-state index contributed by atoms with van der Waals surface area (Å²) in [5, 5.41) is 2.27. The zero-order valence-electron chi connectivity index (χ0n) is 38.5. The molecule has 0 fully saturated rings. The van der Waals surface area contributed by atoms with E-state index in [0.29, 0.717) is 11.5 Å². The van der Waals surface area contributed by atoms with Gasteiger partial charge in [0.1, 0.15) is 5.82 Å². The Morgan fingerprint density at radius 1 is 0.562 bits per heavy atom. The van der Waals surface area contributed by atoms with E-state index in [9.17, 15) is 0 Å². The summed E-state index contributed by atoms with van der Waals surface area (Å²) < 4.78 is 13.1. The van der Waals surface area contributed by atoms with Crippen LogP contribution in [0.3, 0.4) is 0 Å². The minimum atomic E-state index is -0.387. The second kappa shape index (κ2) is 16.8. The first-order chi connectivity index (χ1) is 30.0. The normalized spacial score (nSPS) is 12.4. The van der Waals surface area contributed by atoms with Crippen molar-refractivity contribution >= 4 is 21.8 Å². The Bertz CT molecular complexity index is 3110. The van der Waals surface area contributed by atoms with Gasteiger partial charge in [0.25, 0.3) is 6.33 Å². The molecule has 0 unspecified atom stereocenters. The van der Waals surface area contributed by atoms with Gasteiger partial charge in [-0.1, -0.05) is 165 Å². The average Bonchev–Trinajstić information content (AvgIpc) is 3.90. The first-order valence-electron chi connectivity index (χ1n) is 22.0. The van der Waals surface area contributed by atoms with E-state index in [1.54, 1.807) is 0 Å². The number of aromatic nitrogens is 4. The maximum absolute atomic E-state index is 6.85. The van der Waals surface area contributed by atoms with Crippen molar-refractivity contribution in [2.75, 3.05) is 0 Å². The largest absolute Gasteiger partial charge is 0.510 e. The molecule has 6 heteroatoms. The number of fused-ring (bicyclic) bond motifs is 3. The van der Waals surface area contributed by atoms with Gasteiger partial charge in [-0.3, -0.25) is 4.57 Å². The van der Waals surface area contributed by atoms with Crippen molar-refractivity contribution in [3.05, 3.63) is 210 Å². The molecule has 0 bridgehead atoms. The van der Waals surface area contributed by atoms with Gasteiger partial charge >= 0.3 is 0 Å². The summed E-state index contributed by atoms with van der Waals surface area (Å²) in [5.41, 5.74) is 10.5. The van der Waals surface area contributed by atoms with Gasteiger partial charge in [0.2, 0.25) is 0 Å². The number of hydrogen-bond donors (Lipinski definition) is 0. The van der Waals surface area contributed by atoms with Crippen LogP contribution < -0.4 is 9.30 Å². The van der Waals surface area contributed by atoms with Crippen molar-refractivity contribution in [2.45, 2.75) is 90.9 Å². The molecule has 0 spiro atoms. The van der Waals surface area contributed by atoms with Crippen LogP contribution in [0, 0.1) is 18.5 Å². The molecule has 9 aromatic rings. The van der Waals surface area contributed by atoms with Crippen molar-refractivity contribution in [2.24, 2.45) is 0 Å². The number of hydrogen-bond acceptors (Lipinski definition) is 2. The summed E-state index contributed by atoms with van der Waals surface area (Å²) in [6.45, 7) is 22.7. The predicted molar refractivity (Wildman–Crippen MR) is 257 cm³/mol. The third kappa shape index (κ3) is 8.39. The number of nitrogens with zero attached hydrogens (tertiary/aromatic N) is 4. The van der Waals surface area contributed by atoms with Gasteiger partial charge in [-0.25, -0.2) is 4.98 Å². The molecule has 3 heterocycles. The fourth-order valence-electron chi connectivity index (χ4n) is 8.70. The molecule has 0 atom stereocenters. The van der Waals surface area contributed by atoms with Crippen LogP contribution in [0.2, 0.25) is 0 Å². The molecule has 6 aromatic carbocycles. The van der Waals surface area contributed by atoms with Gasteiger partial charge in [-0.05, 0) is 85.5 Å². The molecule has 326 valence electrons. The van der Waals surface area contributed by atoms with Crippen LogP contribution >= 0.6 is 0 Å². The minimum Gasteiger partial charge on any atom is -0.510 e. The van der Waals surface area contributed by atoms with E-state index < -0.39 is 0 Å². The molecule has 0 amide bonds. The zero-order valence-corrected chi connectivity index (χ0v) is 40.8. The van der Waals surface area contributed by atoms with Gasteiger partial charge in [-0.2, -0.15) is 12.1 Å². The molecule has 0 aliphatic rings. The minimum absolute atomic E-state index is 0.